The third-order valence-electron chi connectivity index (χ3n) is 5.58. The number of nitro benzene ring substituents is 1. The number of non-ortho nitro benzene ring substituents is 1. The zero-order valence-electron chi connectivity index (χ0n) is 18.2. The van der Waals surface area contributed by atoms with Gasteiger partial charge < -0.3 is 4.74 Å². The molecule has 0 saturated heterocycles. The van der Waals surface area contributed by atoms with E-state index in [4.69, 9.17) is 4.74 Å². The van der Waals surface area contributed by atoms with Gasteiger partial charge in [0.15, 0.2) is 0 Å². The molecule has 0 radical (unpaired) electrons. The summed E-state index contributed by atoms with van der Waals surface area (Å²) >= 11 is 0. The van der Waals surface area contributed by atoms with Crippen molar-refractivity contribution < 1.29 is 9.66 Å². The van der Waals surface area contributed by atoms with E-state index in [9.17, 15) is 15.4 Å². The molecule has 1 aliphatic rings. The lowest BCUT2D eigenvalue weighted by Crippen LogP contribution is -2.08. The van der Waals surface area contributed by atoms with Gasteiger partial charge in [-0.05, 0) is 65.2 Å². The van der Waals surface area contributed by atoms with Gasteiger partial charge in [0.25, 0.3) is 5.69 Å². The van der Waals surface area contributed by atoms with Crippen LogP contribution in [-0.4, -0.2) is 11.1 Å². The Balaban J connectivity index is 1.69. The van der Waals surface area contributed by atoms with Crippen LogP contribution in [0.4, 0.5) is 5.69 Å². The third-order valence-corrected chi connectivity index (χ3v) is 6.59. The first-order valence-electron chi connectivity index (χ1n) is 10.6. The van der Waals surface area contributed by atoms with E-state index >= 15 is 0 Å². The predicted octanol–water partition coefficient (Wildman–Crippen LogP) is 6.83. The minimum atomic E-state index is -0.407. The SMILES string of the molecule is Cc1ccccc1-c1cc(C(OCc2ccc([N+](=O)[O-])cc2)C2=CPCC=C2)ccc1C#N. The van der Waals surface area contributed by atoms with Crippen LogP contribution in [-0.2, 0) is 11.3 Å². The normalized spacial score (nSPS) is 14.5. The average Bonchev–Trinajstić information content (AvgIpc) is 2.85. The highest BCUT2D eigenvalue weighted by Crippen LogP contribution is 2.37. The minimum absolute atomic E-state index is 0.0596. The number of allylic oxidation sites excluding steroid dienone is 1. The maximum absolute atomic E-state index is 10.9. The zero-order valence-corrected chi connectivity index (χ0v) is 19.2. The zero-order chi connectivity index (χ0) is 23.2. The molecule has 0 amide bonds. The summed E-state index contributed by atoms with van der Waals surface area (Å²) in [6.07, 6.45) is 4.98. The van der Waals surface area contributed by atoms with Crippen molar-refractivity contribution >= 4 is 14.3 Å². The summed E-state index contributed by atoms with van der Waals surface area (Å²) in [5.74, 6) is 2.21. The second kappa shape index (κ2) is 10.4. The average molecular weight is 454 g/mol. The van der Waals surface area contributed by atoms with Gasteiger partial charge in [0.1, 0.15) is 6.10 Å². The number of hydrogen-bond donors (Lipinski definition) is 0. The molecule has 0 aliphatic carbocycles. The summed E-state index contributed by atoms with van der Waals surface area (Å²) in [7, 11) is 0.696. The predicted molar refractivity (Wildman–Crippen MR) is 132 cm³/mol. The van der Waals surface area contributed by atoms with Crippen LogP contribution in [0.3, 0.4) is 0 Å². The monoisotopic (exact) mass is 454 g/mol. The molecule has 0 N–H and O–H groups in total. The molecule has 0 saturated carbocycles. The largest absolute Gasteiger partial charge is 0.364 e. The molecule has 33 heavy (non-hydrogen) atoms. The standard InChI is InChI=1S/C27H23N2O3P/c1-19-5-2-3-7-25(19)26-15-21(10-11-22(26)16-28)27(23-6-4-14-33-18-23)32-17-20-8-12-24(13-9-20)29(30)31/h2-13,15,18,27,33H,14,17H2,1H3. The van der Waals surface area contributed by atoms with Gasteiger partial charge in [-0.2, -0.15) is 5.26 Å². The quantitative estimate of drug-likeness (QED) is 0.223. The first-order chi connectivity index (χ1) is 16.1. The molecular formula is C27H23N2O3P. The molecular weight excluding hydrogens is 431 g/mol. The van der Waals surface area contributed by atoms with Gasteiger partial charge in [0, 0.05) is 17.7 Å². The van der Waals surface area contributed by atoms with E-state index in [0.29, 0.717) is 20.8 Å². The van der Waals surface area contributed by atoms with Gasteiger partial charge in [-0.15, -0.1) is 0 Å². The molecule has 2 atom stereocenters. The molecule has 0 bridgehead atoms. The molecule has 5 nitrogen and oxygen atoms in total. The number of rotatable bonds is 7. The maximum Gasteiger partial charge on any atom is 0.269 e. The van der Waals surface area contributed by atoms with Crippen LogP contribution >= 0.6 is 8.58 Å². The van der Waals surface area contributed by atoms with Crippen LogP contribution in [0.1, 0.15) is 28.4 Å². The lowest BCUT2D eigenvalue weighted by atomic mass is 9.92. The summed E-state index contributed by atoms with van der Waals surface area (Å²) < 4.78 is 6.38. The Morgan fingerprint density at radius 2 is 1.91 bits per heavy atom. The number of hydrogen-bond acceptors (Lipinski definition) is 4. The lowest BCUT2D eigenvalue weighted by molar-refractivity contribution is -0.384. The van der Waals surface area contributed by atoms with Gasteiger partial charge in [0.2, 0.25) is 0 Å². The summed E-state index contributed by atoms with van der Waals surface area (Å²) in [5, 5.41) is 20.6. The van der Waals surface area contributed by atoms with Gasteiger partial charge in [-0.3, -0.25) is 10.1 Å². The fourth-order valence-corrected chi connectivity index (χ4v) is 4.70. The highest BCUT2D eigenvalue weighted by molar-refractivity contribution is 7.42. The van der Waals surface area contributed by atoms with E-state index in [-0.39, 0.29) is 11.8 Å². The maximum atomic E-state index is 10.9. The van der Waals surface area contributed by atoms with E-state index in [1.165, 1.54) is 12.1 Å². The molecule has 3 aromatic carbocycles. The van der Waals surface area contributed by atoms with E-state index in [0.717, 1.165) is 39.6 Å². The number of benzene rings is 3. The summed E-state index contributed by atoms with van der Waals surface area (Å²) in [6, 6.07) is 22.6. The molecule has 4 rings (SSSR count). The lowest BCUT2D eigenvalue weighted by Gasteiger charge is -2.23. The second-order valence-electron chi connectivity index (χ2n) is 7.80. The third kappa shape index (κ3) is 5.26. The van der Waals surface area contributed by atoms with Crippen molar-refractivity contribution in [3.8, 4) is 17.2 Å². The van der Waals surface area contributed by atoms with Crippen LogP contribution in [0.2, 0.25) is 0 Å². The summed E-state index contributed by atoms with van der Waals surface area (Å²) in [4.78, 5) is 10.5. The number of nitrogens with zero attached hydrogens (tertiary/aromatic N) is 2. The topological polar surface area (TPSA) is 76.2 Å². The molecule has 1 aliphatic heterocycles. The first-order valence-corrected chi connectivity index (χ1v) is 11.9. The van der Waals surface area contributed by atoms with Crippen LogP contribution < -0.4 is 0 Å². The van der Waals surface area contributed by atoms with E-state index in [1.807, 2.05) is 49.4 Å². The van der Waals surface area contributed by atoms with Crippen molar-refractivity contribution in [2.45, 2.75) is 19.6 Å². The van der Waals surface area contributed by atoms with Crippen molar-refractivity contribution in [3.63, 3.8) is 0 Å². The second-order valence-corrected chi connectivity index (χ2v) is 8.91. The first kappa shape index (κ1) is 22.6. The van der Waals surface area contributed by atoms with Gasteiger partial charge in [-0.1, -0.05) is 56.9 Å². The summed E-state index contributed by atoms with van der Waals surface area (Å²) in [6.45, 7) is 2.36. The van der Waals surface area contributed by atoms with Crippen LogP contribution in [0.15, 0.2) is 90.3 Å². The van der Waals surface area contributed by atoms with Gasteiger partial charge in [0.05, 0.1) is 23.2 Å². The van der Waals surface area contributed by atoms with Gasteiger partial charge in [-0.25, -0.2) is 0 Å². The fraction of sp³-hybridized carbons (Fsp3) is 0.148. The Bertz CT molecular complexity index is 1270. The molecule has 6 heteroatoms. The van der Waals surface area contributed by atoms with Crippen LogP contribution in [0.5, 0.6) is 0 Å². The van der Waals surface area contributed by atoms with E-state index in [1.54, 1.807) is 12.1 Å². The number of aryl methyl sites for hydroxylation is 1. The van der Waals surface area contributed by atoms with Gasteiger partial charge >= 0.3 is 0 Å². The van der Waals surface area contributed by atoms with Crippen LogP contribution in [0, 0.1) is 28.4 Å². The van der Waals surface area contributed by atoms with Crippen molar-refractivity contribution in [2.24, 2.45) is 0 Å². The Morgan fingerprint density at radius 3 is 2.58 bits per heavy atom. The molecule has 0 fully saturated rings. The van der Waals surface area contributed by atoms with E-state index < -0.39 is 4.92 Å². The highest BCUT2D eigenvalue weighted by Gasteiger charge is 2.20. The number of nitro groups is 1. The Labute approximate surface area is 195 Å². The Morgan fingerprint density at radius 1 is 1.12 bits per heavy atom. The number of ether oxygens (including phenoxy) is 1. The Kier molecular flexibility index (Phi) is 7.10. The van der Waals surface area contributed by atoms with Crippen molar-refractivity contribution in [1.82, 2.24) is 0 Å². The highest BCUT2D eigenvalue weighted by atomic mass is 31.1. The molecule has 0 aromatic heterocycles. The van der Waals surface area contributed by atoms with Crippen molar-refractivity contribution in [1.29, 1.82) is 5.26 Å². The van der Waals surface area contributed by atoms with Crippen LogP contribution in [0.25, 0.3) is 11.1 Å². The summed E-state index contributed by atoms with van der Waals surface area (Å²) in [5.41, 5.74) is 6.62. The molecule has 2 unspecified atom stereocenters. The molecule has 3 aromatic rings. The van der Waals surface area contributed by atoms with E-state index in [2.05, 4.69) is 24.0 Å². The molecule has 1 heterocycles. The minimum Gasteiger partial charge on any atom is -0.364 e. The number of nitriles is 1. The fourth-order valence-electron chi connectivity index (χ4n) is 3.85. The van der Waals surface area contributed by atoms with Crippen molar-refractivity contribution in [3.05, 3.63) is 123 Å². The molecule has 164 valence electrons. The van der Waals surface area contributed by atoms with Crippen molar-refractivity contribution in [2.75, 3.05) is 6.16 Å². The Hall–Kier alpha value is -3.58. The molecule has 0 spiro atoms. The smallest absolute Gasteiger partial charge is 0.269 e.